The zero-order chi connectivity index (χ0) is 22.9. The smallest absolute Gasteiger partial charge is 0.291 e. The van der Waals surface area contributed by atoms with Gasteiger partial charge in [0.15, 0.2) is 5.82 Å². The molecule has 0 unspecified atom stereocenters. The SMILES string of the molecule is CSc1ccc(Cc2nc3s/c(=C\c4ccc(-c5ccccc5[N+](=O)[O-])o4)c(=O)n3n2)cc1. The van der Waals surface area contributed by atoms with Crippen molar-refractivity contribution in [3.8, 4) is 11.3 Å². The van der Waals surface area contributed by atoms with Crippen LogP contribution >= 0.6 is 23.1 Å². The quantitative estimate of drug-likeness (QED) is 0.206. The molecule has 3 heterocycles. The molecule has 0 bridgehead atoms. The van der Waals surface area contributed by atoms with Crippen LogP contribution in [0.15, 0.2) is 74.8 Å². The lowest BCUT2D eigenvalue weighted by Crippen LogP contribution is -2.23. The number of nitro groups is 1. The third-order valence-corrected chi connectivity index (χ3v) is 6.72. The van der Waals surface area contributed by atoms with Gasteiger partial charge in [-0.15, -0.1) is 16.9 Å². The summed E-state index contributed by atoms with van der Waals surface area (Å²) >= 11 is 2.90. The third-order valence-electron chi connectivity index (χ3n) is 5.01. The van der Waals surface area contributed by atoms with Crippen LogP contribution in [0.5, 0.6) is 0 Å². The van der Waals surface area contributed by atoms with Crippen molar-refractivity contribution in [2.45, 2.75) is 11.3 Å². The van der Waals surface area contributed by atoms with Crippen molar-refractivity contribution >= 4 is 39.8 Å². The normalized spacial score (nSPS) is 12.0. The first-order valence-electron chi connectivity index (χ1n) is 9.88. The van der Waals surface area contributed by atoms with E-state index < -0.39 is 4.92 Å². The second-order valence-corrected chi connectivity index (χ2v) is 9.03. The Morgan fingerprint density at radius 2 is 1.94 bits per heavy atom. The molecule has 0 radical (unpaired) electrons. The zero-order valence-corrected chi connectivity index (χ0v) is 18.9. The van der Waals surface area contributed by atoms with Gasteiger partial charge >= 0.3 is 0 Å². The molecule has 0 atom stereocenters. The molecular weight excluding hydrogens is 460 g/mol. The average molecular weight is 477 g/mol. The van der Waals surface area contributed by atoms with Crippen molar-refractivity contribution in [1.29, 1.82) is 0 Å². The van der Waals surface area contributed by atoms with E-state index in [1.165, 1.54) is 26.8 Å². The molecule has 0 aliphatic heterocycles. The van der Waals surface area contributed by atoms with Crippen LogP contribution in [0.3, 0.4) is 0 Å². The average Bonchev–Trinajstić information content (AvgIpc) is 3.52. The summed E-state index contributed by atoms with van der Waals surface area (Å²) in [6, 6.07) is 17.8. The highest BCUT2D eigenvalue weighted by atomic mass is 32.2. The van der Waals surface area contributed by atoms with Crippen molar-refractivity contribution in [1.82, 2.24) is 14.6 Å². The van der Waals surface area contributed by atoms with E-state index in [1.54, 1.807) is 48.2 Å². The number of hydrogen-bond acceptors (Lipinski definition) is 8. The van der Waals surface area contributed by atoms with Gasteiger partial charge in [-0.2, -0.15) is 4.52 Å². The maximum atomic E-state index is 12.8. The molecule has 0 amide bonds. The van der Waals surface area contributed by atoms with Gasteiger partial charge in [-0.1, -0.05) is 35.6 Å². The number of nitro benzene ring substituents is 1. The molecule has 8 nitrogen and oxygen atoms in total. The van der Waals surface area contributed by atoms with Crippen molar-refractivity contribution in [2.24, 2.45) is 0 Å². The van der Waals surface area contributed by atoms with Crippen molar-refractivity contribution < 1.29 is 9.34 Å². The maximum Gasteiger partial charge on any atom is 0.291 e. The van der Waals surface area contributed by atoms with E-state index in [2.05, 4.69) is 10.1 Å². The fraction of sp³-hybridized carbons (Fsp3) is 0.0870. The van der Waals surface area contributed by atoms with Crippen LogP contribution in [-0.2, 0) is 6.42 Å². The van der Waals surface area contributed by atoms with Crippen LogP contribution in [-0.4, -0.2) is 25.8 Å². The first kappa shape index (κ1) is 21.1. The van der Waals surface area contributed by atoms with E-state index in [1.807, 2.05) is 30.5 Å². The summed E-state index contributed by atoms with van der Waals surface area (Å²) in [5, 5.41) is 15.6. The van der Waals surface area contributed by atoms with Gasteiger partial charge in [-0.3, -0.25) is 14.9 Å². The highest BCUT2D eigenvalue weighted by Gasteiger charge is 2.17. The van der Waals surface area contributed by atoms with E-state index in [9.17, 15) is 14.9 Å². The van der Waals surface area contributed by atoms with Gasteiger partial charge in [-0.25, -0.2) is 4.98 Å². The van der Waals surface area contributed by atoms with Crippen LogP contribution in [0.1, 0.15) is 17.1 Å². The molecule has 0 aliphatic carbocycles. The number of para-hydroxylation sites is 1. The van der Waals surface area contributed by atoms with Gasteiger partial charge in [0.25, 0.3) is 11.2 Å². The molecule has 164 valence electrons. The first-order chi connectivity index (χ1) is 16.0. The second-order valence-electron chi connectivity index (χ2n) is 7.14. The summed E-state index contributed by atoms with van der Waals surface area (Å²) < 4.78 is 7.49. The van der Waals surface area contributed by atoms with Crippen molar-refractivity contribution in [2.75, 3.05) is 6.26 Å². The first-order valence-corrected chi connectivity index (χ1v) is 11.9. The van der Waals surface area contributed by atoms with Crippen LogP contribution < -0.4 is 10.1 Å². The molecule has 0 aliphatic rings. The summed E-state index contributed by atoms with van der Waals surface area (Å²) in [7, 11) is 0. The Bertz CT molecular complexity index is 1580. The Labute approximate surface area is 195 Å². The van der Waals surface area contributed by atoms with Gasteiger partial charge in [-0.05, 0) is 42.2 Å². The molecule has 3 aromatic heterocycles. The number of thiazole rings is 1. The van der Waals surface area contributed by atoms with Crippen LogP contribution in [0.4, 0.5) is 5.69 Å². The monoisotopic (exact) mass is 476 g/mol. The summed E-state index contributed by atoms with van der Waals surface area (Å²) in [5.41, 5.74) is 1.12. The molecule has 5 rings (SSSR count). The largest absolute Gasteiger partial charge is 0.456 e. The summed E-state index contributed by atoms with van der Waals surface area (Å²) in [6.07, 6.45) is 4.17. The molecule has 2 aromatic carbocycles. The fourth-order valence-corrected chi connectivity index (χ4v) is 4.74. The maximum absolute atomic E-state index is 12.8. The topological polar surface area (TPSA) is 104 Å². The molecule has 10 heteroatoms. The lowest BCUT2D eigenvalue weighted by atomic mass is 10.1. The molecule has 0 spiro atoms. The van der Waals surface area contributed by atoms with E-state index >= 15 is 0 Å². The summed E-state index contributed by atoms with van der Waals surface area (Å²) in [6.45, 7) is 0. The van der Waals surface area contributed by atoms with Crippen LogP contribution in [0.2, 0.25) is 0 Å². The van der Waals surface area contributed by atoms with Crippen molar-refractivity contribution in [3.63, 3.8) is 0 Å². The lowest BCUT2D eigenvalue weighted by molar-refractivity contribution is -0.384. The van der Waals surface area contributed by atoms with Crippen LogP contribution in [0, 0.1) is 10.1 Å². The third kappa shape index (κ3) is 4.18. The van der Waals surface area contributed by atoms with E-state index in [-0.39, 0.29) is 11.2 Å². The van der Waals surface area contributed by atoms with Crippen LogP contribution in [0.25, 0.3) is 22.4 Å². The Morgan fingerprint density at radius 3 is 2.67 bits per heavy atom. The minimum atomic E-state index is -0.453. The Hall–Kier alpha value is -3.76. The molecule has 0 saturated heterocycles. The number of benzene rings is 2. The second kappa shape index (κ2) is 8.64. The predicted octanol–water partition coefficient (Wildman–Crippen LogP) is 4.18. The zero-order valence-electron chi connectivity index (χ0n) is 17.3. The molecular formula is C23H16N4O4S2. The number of nitrogens with zero attached hydrogens (tertiary/aromatic N) is 4. The number of aromatic nitrogens is 3. The summed E-state index contributed by atoms with van der Waals surface area (Å²) in [4.78, 5) is 29.8. The number of fused-ring (bicyclic) bond motifs is 1. The summed E-state index contributed by atoms with van der Waals surface area (Å²) in [5.74, 6) is 1.35. The predicted molar refractivity (Wildman–Crippen MR) is 128 cm³/mol. The van der Waals surface area contributed by atoms with Gasteiger partial charge in [0.05, 0.1) is 10.5 Å². The fourth-order valence-electron chi connectivity index (χ4n) is 3.42. The van der Waals surface area contributed by atoms with Gasteiger partial charge in [0.1, 0.15) is 16.1 Å². The Kier molecular flexibility index (Phi) is 5.53. The Balaban J connectivity index is 1.43. The highest BCUT2D eigenvalue weighted by Crippen LogP contribution is 2.31. The highest BCUT2D eigenvalue weighted by molar-refractivity contribution is 7.98. The minimum absolute atomic E-state index is 0.0441. The molecule has 0 fully saturated rings. The molecule has 5 aromatic rings. The number of thioether (sulfide) groups is 1. The molecule has 0 N–H and O–H groups in total. The number of furan rings is 1. The van der Waals surface area contributed by atoms with E-state index in [0.29, 0.717) is 38.8 Å². The minimum Gasteiger partial charge on any atom is -0.456 e. The molecule has 33 heavy (non-hydrogen) atoms. The van der Waals surface area contributed by atoms with Gasteiger partial charge in [0.2, 0.25) is 4.96 Å². The lowest BCUT2D eigenvalue weighted by Gasteiger charge is -1.99. The van der Waals surface area contributed by atoms with E-state index in [4.69, 9.17) is 4.42 Å². The van der Waals surface area contributed by atoms with Gasteiger partial charge < -0.3 is 4.42 Å². The Morgan fingerprint density at radius 1 is 1.15 bits per heavy atom. The van der Waals surface area contributed by atoms with E-state index in [0.717, 1.165) is 5.56 Å². The number of hydrogen-bond donors (Lipinski definition) is 0. The number of rotatable bonds is 6. The standard InChI is InChI=1S/C23H16N4O4S2/c1-32-16-9-6-14(7-10-16)12-21-24-23-26(25-21)22(28)20(33-23)13-15-8-11-19(31-15)17-4-2-3-5-18(17)27(29)30/h2-11,13H,12H2,1H3/b20-13-. The molecule has 0 saturated carbocycles. The van der Waals surface area contributed by atoms with Gasteiger partial charge in [0, 0.05) is 23.5 Å². The van der Waals surface area contributed by atoms with Crippen molar-refractivity contribution in [3.05, 3.63) is 103 Å².